The van der Waals surface area contributed by atoms with E-state index in [1.807, 2.05) is 20.0 Å². The van der Waals surface area contributed by atoms with Crippen LogP contribution in [0.3, 0.4) is 0 Å². The van der Waals surface area contributed by atoms with E-state index >= 15 is 0 Å². The lowest BCUT2D eigenvalue weighted by atomic mass is 9.88. The largest absolute Gasteiger partial charge is 0.493 e. The molecular weight excluding hydrogens is 811 g/mol. The highest BCUT2D eigenvalue weighted by Crippen LogP contribution is 2.41. The molecule has 0 aliphatic carbocycles. The summed E-state index contributed by atoms with van der Waals surface area (Å²) in [5.41, 5.74) is 8.61. The van der Waals surface area contributed by atoms with Crippen molar-refractivity contribution in [2.45, 2.75) is 109 Å². The number of benzene rings is 3. The summed E-state index contributed by atoms with van der Waals surface area (Å²) in [6, 6.07) is 18.6. The number of nitrogens with zero attached hydrogens (tertiary/aromatic N) is 4. The molecule has 1 unspecified atom stereocenters. The molecule has 0 bridgehead atoms. The van der Waals surface area contributed by atoms with Gasteiger partial charge in [-0.1, -0.05) is 55.7 Å². The number of carbonyl (C=O) groups is 3. The average Bonchev–Trinajstić information content (AvgIpc) is 3.91. The van der Waals surface area contributed by atoms with Crippen LogP contribution in [-0.4, -0.2) is 84.4 Å². The highest BCUT2D eigenvalue weighted by atomic mass is 32.1. The van der Waals surface area contributed by atoms with Crippen LogP contribution in [0.4, 0.5) is 5.82 Å². The van der Waals surface area contributed by atoms with E-state index in [0.717, 1.165) is 91.9 Å². The monoisotopic (exact) mass is 871 g/mol. The maximum atomic E-state index is 13.4. The van der Waals surface area contributed by atoms with Gasteiger partial charge in [0.25, 0.3) is 5.91 Å². The first-order valence-corrected chi connectivity index (χ1v) is 23.5. The van der Waals surface area contributed by atoms with Crippen LogP contribution in [0.25, 0.3) is 22.0 Å². The van der Waals surface area contributed by atoms with Crippen LogP contribution >= 0.6 is 11.3 Å². The van der Waals surface area contributed by atoms with Gasteiger partial charge in [0.1, 0.15) is 17.7 Å². The topological polar surface area (TPSA) is 138 Å². The Balaban J connectivity index is 0.823. The minimum Gasteiger partial charge on any atom is -0.493 e. The molecule has 3 aliphatic heterocycles. The second kappa shape index (κ2) is 20.0. The number of aryl methyl sites for hydroxylation is 2. The van der Waals surface area contributed by atoms with Gasteiger partial charge < -0.3 is 29.9 Å². The number of imide groups is 1. The number of hydrogen-bond acceptors (Lipinski definition) is 11. The number of methoxy groups -OCH3 is 2. The second-order valence-electron chi connectivity index (χ2n) is 17.3. The fourth-order valence-corrected chi connectivity index (χ4v) is 10.7. The summed E-state index contributed by atoms with van der Waals surface area (Å²) in [6.45, 7) is 8.59. The Morgan fingerprint density at radius 2 is 1.71 bits per heavy atom. The first kappa shape index (κ1) is 44.2. The minimum atomic E-state index is -0.582. The molecule has 5 aromatic rings. The molecule has 8 rings (SSSR count). The zero-order valence-corrected chi connectivity index (χ0v) is 38.2. The van der Waals surface area contributed by atoms with Gasteiger partial charge in [-0.2, -0.15) is 0 Å². The number of unbranched alkanes of at least 4 members (excludes halogenated alkanes) is 4. The van der Waals surface area contributed by atoms with Crippen molar-refractivity contribution in [3.63, 3.8) is 0 Å². The maximum Gasteiger partial charge on any atom is 0.255 e. The van der Waals surface area contributed by atoms with Crippen LogP contribution < -0.4 is 25.4 Å². The molecule has 2 atom stereocenters. The number of aromatic nitrogens is 2. The number of amides is 3. The van der Waals surface area contributed by atoms with Crippen LogP contribution in [0.15, 0.2) is 60.0 Å². The number of carbonyl (C=O) groups excluding carboxylic acids is 3. The van der Waals surface area contributed by atoms with Crippen molar-refractivity contribution in [3.8, 4) is 22.6 Å². The number of nitrogens with one attached hydrogen (secondary N) is 3. The highest BCUT2D eigenvalue weighted by Gasteiger charge is 2.39. The third-order valence-corrected chi connectivity index (χ3v) is 14.3. The molecule has 13 heteroatoms. The van der Waals surface area contributed by atoms with Crippen molar-refractivity contribution in [1.29, 1.82) is 0 Å². The lowest BCUT2D eigenvalue weighted by Gasteiger charge is -2.32. The third-order valence-electron chi connectivity index (χ3n) is 13.1. The van der Waals surface area contributed by atoms with E-state index in [0.29, 0.717) is 36.0 Å². The zero-order valence-electron chi connectivity index (χ0n) is 37.4. The maximum absolute atomic E-state index is 13.4. The van der Waals surface area contributed by atoms with E-state index in [-0.39, 0.29) is 30.2 Å². The molecule has 12 nitrogen and oxygen atoms in total. The summed E-state index contributed by atoms with van der Waals surface area (Å²) < 4.78 is 11.9. The fraction of sp³-hybridized carbons (Fsp3) is 0.460. The number of ether oxygens (including phenoxy) is 2. The van der Waals surface area contributed by atoms with E-state index in [2.05, 4.69) is 81.7 Å². The fourth-order valence-electron chi connectivity index (χ4n) is 9.75. The van der Waals surface area contributed by atoms with Crippen LogP contribution in [0, 0.1) is 6.92 Å². The van der Waals surface area contributed by atoms with Gasteiger partial charge in [0, 0.05) is 40.9 Å². The minimum absolute atomic E-state index is 0.0268. The van der Waals surface area contributed by atoms with Crippen molar-refractivity contribution >= 4 is 45.8 Å². The SMILES string of the molecule is CNCc1ccccc1-c1csc([C@@H](C)Nc2nc(C)nc3c(CCCCCCCN4CCC(c5ccc6c(c5)C(=O)N(C5CCC(=O)NC5=O)C6)CC4)c(OC)c(OC)cc23)c1. The summed E-state index contributed by atoms with van der Waals surface area (Å²) in [5, 5.41) is 12.6. The number of rotatable bonds is 18. The molecule has 2 aromatic heterocycles. The molecule has 0 spiro atoms. The normalized spacial score (nSPS) is 17.6. The summed E-state index contributed by atoms with van der Waals surface area (Å²) in [7, 11) is 5.38. The lowest BCUT2D eigenvalue weighted by Crippen LogP contribution is -2.52. The van der Waals surface area contributed by atoms with Gasteiger partial charge in [0.15, 0.2) is 11.5 Å². The molecule has 5 heterocycles. The van der Waals surface area contributed by atoms with Crippen molar-refractivity contribution in [2.75, 3.05) is 46.2 Å². The molecular formula is C50H61N7O5S. The Morgan fingerprint density at radius 3 is 2.49 bits per heavy atom. The van der Waals surface area contributed by atoms with E-state index in [9.17, 15) is 14.4 Å². The Kier molecular flexibility index (Phi) is 14.0. The van der Waals surface area contributed by atoms with Crippen molar-refractivity contribution in [1.82, 2.24) is 30.4 Å². The molecule has 3 aliphatic rings. The zero-order chi connectivity index (χ0) is 44.0. The van der Waals surface area contributed by atoms with Crippen molar-refractivity contribution in [2.24, 2.45) is 0 Å². The van der Waals surface area contributed by atoms with Gasteiger partial charge in [0.2, 0.25) is 11.8 Å². The lowest BCUT2D eigenvalue weighted by molar-refractivity contribution is -0.136. The van der Waals surface area contributed by atoms with E-state index in [1.165, 1.54) is 46.4 Å². The van der Waals surface area contributed by atoms with Gasteiger partial charge in [-0.05, 0) is 136 Å². The molecule has 0 radical (unpaired) electrons. The van der Waals surface area contributed by atoms with Gasteiger partial charge in [-0.3, -0.25) is 19.7 Å². The third kappa shape index (κ3) is 9.75. The summed E-state index contributed by atoms with van der Waals surface area (Å²) >= 11 is 1.76. The smallest absolute Gasteiger partial charge is 0.255 e. The number of likely N-dealkylation sites (tertiary alicyclic amines) is 1. The Bertz CT molecular complexity index is 2460. The summed E-state index contributed by atoms with van der Waals surface area (Å²) in [4.78, 5) is 52.9. The van der Waals surface area contributed by atoms with E-state index in [1.54, 1.807) is 30.5 Å². The first-order chi connectivity index (χ1) is 30.6. The van der Waals surface area contributed by atoms with Gasteiger partial charge in [0.05, 0.1) is 25.8 Å². The standard InChI is InChI=1S/C50H61N7O5S/c1-31(44-26-37(30-63-44)38-14-11-10-13-35(38)28-51-3)52-48-41-27-43(61-4)47(62-5)39(46(41)53-32(2)54-48)15-9-7-6-8-12-22-56-23-20-33(21-24-56)34-16-17-36-29-57(50(60)40(36)25-34)42-18-19-45(58)55-49(42)59/h10-11,13-14,16-17,25-27,30-31,33,42,51H,6-9,12,15,18-24,28-29H2,1-5H3,(H,52,53,54)(H,55,58,59)/t31-,42?/m1/s1. The molecule has 332 valence electrons. The van der Waals surface area contributed by atoms with Gasteiger partial charge >= 0.3 is 0 Å². The quantitative estimate of drug-likeness (QED) is 0.0579. The average molecular weight is 872 g/mol. The van der Waals surface area contributed by atoms with E-state index in [4.69, 9.17) is 19.4 Å². The molecule has 3 amide bonds. The predicted molar refractivity (Wildman–Crippen MR) is 250 cm³/mol. The molecule has 3 N–H and O–H groups in total. The van der Waals surface area contributed by atoms with Crippen molar-refractivity contribution in [3.05, 3.63) is 98.5 Å². The predicted octanol–water partition coefficient (Wildman–Crippen LogP) is 8.71. The van der Waals surface area contributed by atoms with Crippen LogP contribution in [0.1, 0.15) is 120 Å². The highest BCUT2D eigenvalue weighted by molar-refractivity contribution is 7.10. The van der Waals surface area contributed by atoms with Crippen molar-refractivity contribution < 1.29 is 23.9 Å². The number of hydrogen-bond donors (Lipinski definition) is 3. The Labute approximate surface area is 375 Å². The molecule has 2 saturated heterocycles. The Morgan fingerprint density at radius 1 is 0.921 bits per heavy atom. The molecule has 0 saturated carbocycles. The van der Waals surface area contributed by atoms with Crippen LogP contribution in [0.5, 0.6) is 11.5 Å². The van der Waals surface area contributed by atoms with Crippen LogP contribution in [-0.2, 0) is 29.1 Å². The number of thiophene rings is 1. The van der Waals surface area contributed by atoms with Gasteiger partial charge in [-0.15, -0.1) is 11.3 Å². The summed E-state index contributed by atoms with van der Waals surface area (Å²) in [6.07, 6.45) is 9.28. The molecule has 2 fully saturated rings. The number of anilines is 1. The second-order valence-corrected chi connectivity index (χ2v) is 18.3. The Hall–Kier alpha value is -5.37. The summed E-state index contributed by atoms with van der Waals surface area (Å²) in [5.74, 6) is 2.62. The number of piperidine rings is 2. The molecule has 63 heavy (non-hydrogen) atoms. The van der Waals surface area contributed by atoms with Crippen LogP contribution in [0.2, 0.25) is 0 Å². The van der Waals surface area contributed by atoms with Gasteiger partial charge in [-0.25, -0.2) is 9.97 Å². The number of fused-ring (bicyclic) bond motifs is 2. The first-order valence-electron chi connectivity index (χ1n) is 22.7. The van der Waals surface area contributed by atoms with E-state index < -0.39 is 6.04 Å². The molecule has 3 aromatic carbocycles.